The lowest BCUT2D eigenvalue weighted by Gasteiger charge is -2.21. The molecule has 1 saturated heterocycles. The number of benzene rings is 1. The number of nitrogens with one attached hydrogen (secondary N) is 1. The van der Waals surface area contributed by atoms with E-state index in [2.05, 4.69) is 36.5 Å². The minimum atomic E-state index is 0. The number of carbonyl (C=O) groups is 1. The van der Waals surface area contributed by atoms with Gasteiger partial charge in [0, 0.05) is 36.6 Å². The number of halogens is 2. The molecule has 1 aliphatic heterocycles. The van der Waals surface area contributed by atoms with Crippen LogP contribution in [0.1, 0.15) is 46.8 Å². The lowest BCUT2D eigenvalue weighted by molar-refractivity contribution is 0.0768. The topological polar surface area (TPSA) is 45.2 Å². The number of pyridine rings is 1. The summed E-state index contributed by atoms with van der Waals surface area (Å²) in [6, 6.07) is 8.29. The van der Waals surface area contributed by atoms with Gasteiger partial charge in [-0.15, -0.1) is 24.8 Å². The highest BCUT2D eigenvalue weighted by atomic mass is 35.5. The van der Waals surface area contributed by atoms with Gasteiger partial charge in [-0.25, -0.2) is 0 Å². The molecule has 1 aromatic carbocycles. The molecule has 1 N–H and O–H groups in total. The Balaban J connectivity index is 0.00000113. The summed E-state index contributed by atoms with van der Waals surface area (Å²) in [5, 5.41) is 4.36. The number of aryl methyl sites for hydroxylation is 1. The Labute approximate surface area is 161 Å². The first-order valence-electron chi connectivity index (χ1n) is 8.64. The molecule has 1 aromatic heterocycles. The van der Waals surface area contributed by atoms with E-state index in [1.807, 2.05) is 4.90 Å². The fraction of sp³-hybridized carbons (Fsp3) is 0.474. The van der Waals surface area contributed by atoms with Crippen molar-refractivity contribution in [3.8, 4) is 0 Å². The maximum absolute atomic E-state index is 13.1. The van der Waals surface area contributed by atoms with E-state index in [-0.39, 0.29) is 30.7 Å². The number of aromatic nitrogens is 1. The van der Waals surface area contributed by atoms with Gasteiger partial charge in [0.05, 0.1) is 11.1 Å². The Morgan fingerprint density at radius 2 is 1.96 bits per heavy atom. The highest BCUT2D eigenvalue weighted by molar-refractivity contribution is 6.06. The monoisotopic (exact) mass is 381 g/mol. The van der Waals surface area contributed by atoms with E-state index in [1.54, 1.807) is 0 Å². The predicted octanol–water partition coefficient (Wildman–Crippen LogP) is 3.70. The second-order valence-electron chi connectivity index (χ2n) is 6.79. The zero-order chi connectivity index (χ0) is 15.8. The molecule has 0 unspecified atom stereocenters. The molecule has 2 aliphatic rings. The van der Waals surface area contributed by atoms with Crippen molar-refractivity contribution in [2.45, 2.75) is 32.1 Å². The second kappa shape index (κ2) is 8.35. The summed E-state index contributed by atoms with van der Waals surface area (Å²) in [4.78, 5) is 19.9. The van der Waals surface area contributed by atoms with E-state index < -0.39 is 0 Å². The predicted molar refractivity (Wildman–Crippen MR) is 106 cm³/mol. The molecule has 2 aromatic rings. The average Bonchev–Trinajstić information content (AvgIpc) is 3.39. The molecular weight excluding hydrogens is 357 g/mol. The minimum absolute atomic E-state index is 0. The summed E-state index contributed by atoms with van der Waals surface area (Å²) in [5.41, 5.74) is 4.06. The fourth-order valence-corrected chi connectivity index (χ4v) is 3.34. The largest absolute Gasteiger partial charge is 0.337 e. The average molecular weight is 382 g/mol. The van der Waals surface area contributed by atoms with E-state index in [1.165, 1.54) is 18.4 Å². The first kappa shape index (κ1) is 20.0. The maximum Gasteiger partial charge on any atom is 0.254 e. The molecule has 136 valence electrons. The van der Waals surface area contributed by atoms with Crippen molar-refractivity contribution >= 4 is 41.6 Å². The normalized spacial score (nSPS) is 17.4. The van der Waals surface area contributed by atoms with Crippen molar-refractivity contribution in [3.63, 3.8) is 0 Å². The van der Waals surface area contributed by atoms with Crippen LogP contribution >= 0.6 is 24.8 Å². The zero-order valence-corrected chi connectivity index (χ0v) is 16.1. The van der Waals surface area contributed by atoms with Crippen LogP contribution in [0.25, 0.3) is 10.9 Å². The lowest BCUT2D eigenvalue weighted by Crippen LogP contribution is -2.34. The molecule has 1 amide bonds. The Morgan fingerprint density at radius 3 is 2.72 bits per heavy atom. The van der Waals surface area contributed by atoms with E-state index in [0.29, 0.717) is 5.92 Å². The van der Waals surface area contributed by atoms with Crippen molar-refractivity contribution < 1.29 is 4.79 Å². The lowest BCUT2D eigenvalue weighted by atomic mass is 10.0. The van der Waals surface area contributed by atoms with Gasteiger partial charge in [-0.3, -0.25) is 9.78 Å². The Morgan fingerprint density at radius 1 is 1.16 bits per heavy atom. The molecule has 2 fully saturated rings. The van der Waals surface area contributed by atoms with Gasteiger partial charge < -0.3 is 10.2 Å². The molecule has 1 aliphatic carbocycles. The molecular formula is C19H25Cl2N3O. The van der Waals surface area contributed by atoms with Crippen molar-refractivity contribution in [2.24, 2.45) is 0 Å². The molecule has 25 heavy (non-hydrogen) atoms. The molecule has 0 bridgehead atoms. The number of hydrogen-bond acceptors (Lipinski definition) is 3. The van der Waals surface area contributed by atoms with Crippen molar-refractivity contribution in [1.29, 1.82) is 0 Å². The molecule has 2 heterocycles. The standard InChI is InChI=1S/C19H23N3O.2ClH/c1-13-3-6-17-15(11-13)16(12-18(21-17)14-4-5-14)19(23)22-9-2-7-20-8-10-22;;/h3,6,11-12,14,20H,2,4-5,7-10H2,1H3;2*1H. The van der Waals surface area contributed by atoms with Crippen LogP contribution in [0.4, 0.5) is 0 Å². The highest BCUT2D eigenvalue weighted by Crippen LogP contribution is 2.40. The summed E-state index contributed by atoms with van der Waals surface area (Å²) in [6.45, 7) is 5.56. The van der Waals surface area contributed by atoms with Crippen molar-refractivity contribution in [3.05, 3.63) is 41.1 Å². The molecule has 4 rings (SSSR count). The van der Waals surface area contributed by atoms with Gasteiger partial charge in [-0.05, 0) is 50.9 Å². The smallest absolute Gasteiger partial charge is 0.254 e. The first-order valence-corrected chi connectivity index (χ1v) is 8.64. The Kier molecular flexibility index (Phi) is 6.66. The van der Waals surface area contributed by atoms with Crippen molar-refractivity contribution in [2.75, 3.05) is 26.2 Å². The fourth-order valence-electron chi connectivity index (χ4n) is 3.34. The van der Waals surface area contributed by atoms with Crippen LogP contribution in [0.15, 0.2) is 24.3 Å². The number of nitrogens with zero attached hydrogens (tertiary/aromatic N) is 2. The van der Waals surface area contributed by atoms with Gasteiger partial charge in [0.1, 0.15) is 0 Å². The summed E-state index contributed by atoms with van der Waals surface area (Å²) >= 11 is 0. The van der Waals surface area contributed by atoms with Gasteiger partial charge >= 0.3 is 0 Å². The number of fused-ring (bicyclic) bond motifs is 1. The van der Waals surface area contributed by atoms with Gasteiger partial charge in [-0.1, -0.05) is 11.6 Å². The first-order chi connectivity index (χ1) is 11.2. The third-order valence-electron chi connectivity index (χ3n) is 4.84. The third kappa shape index (κ3) is 4.25. The zero-order valence-electron chi connectivity index (χ0n) is 14.5. The summed E-state index contributed by atoms with van der Waals surface area (Å²) < 4.78 is 0. The number of carbonyl (C=O) groups excluding carboxylic acids is 1. The van der Waals surface area contributed by atoms with Gasteiger partial charge in [0.2, 0.25) is 0 Å². The molecule has 0 spiro atoms. The SMILES string of the molecule is Cc1ccc2nc(C3CC3)cc(C(=O)N3CCCNCC3)c2c1.Cl.Cl. The highest BCUT2D eigenvalue weighted by Gasteiger charge is 2.28. The molecule has 1 saturated carbocycles. The molecule has 0 atom stereocenters. The maximum atomic E-state index is 13.1. The van der Waals surface area contributed by atoms with Crippen LogP contribution in [0.2, 0.25) is 0 Å². The third-order valence-corrected chi connectivity index (χ3v) is 4.84. The van der Waals surface area contributed by atoms with Crippen molar-refractivity contribution in [1.82, 2.24) is 15.2 Å². The van der Waals surface area contributed by atoms with Gasteiger partial charge in [-0.2, -0.15) is 0 Å². The summed E-state index contributed by atoms with van der Waals surface area (Å²) in [5.74, 6) is 0.714. The molecule has 0 radical (unpaired) electrons. The quantitative estimate of drug-likeness (QED) is 0.862. The van der Waals surface area contributed by atoms with E-state index in [0.717, 1.165) is 54.8 Å². The molecule has 6 heteroatoms. The Bertz CT molecular complexity index is 754. The summed E-state index contributed by atoms with van der Waals surface area (Å²) in [6.07, 6.45) is 3.42. The van der Waals surface area contributed by atoms with E-state index in [4.69, 9.17) is 4.98 Å². The van der Waals surface area contributed by atoms with Gasteiger partial charge in [0.25, 0.3) is 5.91 Å². The second-order valence-corrected chi connectivity index (χ2v) is 6.79. The van der Waals surface area contributed by atoms with E-state index in [9.17, 15) is 4.79 Å². The van der Waals surface area contributed by atoms with Gasteiger partial charge in [0.15, 0.2) is 0 Å². The van der Waals surface area contributed by atoms with Crippen LogP contribution < -0.4 is 5.32 Å². The van der Waals surface area contributed by atoms with Crippen LogP contribution in [-0.2, 0) is 0 Å². The minimum Gasteiger partial charge on any atom is -0.337 e. The van der Waals surface area contributed by atoms with Crippen LogP contribution in [0, 0.1) is 6.92 Å². The van der Waals surface area contributed by atoms with E-state index >= 15 is 0 Å². The number of rotatable bonds is 2. The van der Waals surface area contributed by atoms with Crippen LogP contribution in [-0.4, -0.2) is 42.0 Å². The van der Waals surface area contributed by atoms with Crippen LogP contribution in [0.5, 0.6) is 0 Å². The number of amides is 1. The van der Waals surface area contributed by atoms with Crippen LogP contribution in [0.3, 0.4) is 0 Å². The summed E-state index contributed by atoms with van der Waals surface area (Å²) in [7, 11) is 0. The Hall–Kier alpha value is -1.36. The molecule has 4 nitrogen and oxygen atoms in total. The number of hydrogen-bond donors (Lipinski definition) is 1.